The highest BCUT2D eigenvalue weighted by Crippen LogP contribution is 2.13. The van der Waals surface area contributed by atoms with Crippen molar-refractivity contribution in [1.82, 2.24) is 19.9 Å². The van der Waals surface area contributed by atoms with Crippen LogP contribution in [0, 0.1) is 6.92 Å². The molecule has 1 aromatic heterocycles. The van der Waals surface area contributed by atoms with Crippen LogP contribution in [0.15, 0.2) is 0 Å². The number of esters is 1. The van der Waals surface area contributed by atoms with Gasteiger partial charge in [-0.2, -0.15) is 0 Å². The summed E-state index contributed by atoms with van der Waals surface area (Å²) < 4.78 is 11.2. The van der Waals surface area contributed by atoms with Gasteiger partial charge in [0.05, 0.1) is 12.3 Å². The van der Waals surface area contributed by atoms with E-state index in [1.165, 1.54) is 16.7 Å². The first kappa shape index (κ1) is 16.1. The molecule has 0 saturated heterocycles. The van der Waals surface area contributed by atoms with Gasteiger partial charge in [-0.1, -0.05) is 5.21 Å². The molecule has 1 amide bonds. The van der Waals surface area contributed by atoms with Crippen molar-refractivity contribution in [1.29, 1.82) is 0 Å². The molecule has 1 rings (SSSR count). The van der Waals surface area contributed by atoms with Gasteiger partial charge in [-0.15, -0.1) is 5.10 Å². The van der Waals surface area contributed by atoms with Crippen LogP contribution < -0.4 is 0 Å². The molecule has 0 spiro atoms. The molecule has 1 atom stereocenters. The Bertz CT molecular complexity index is 484. The van der Waals surface area contributed by atoms with E-state index in [-0.39, 0.29) is 18.2 Å². The molecule has 1 heterocycles. The van der Waals surface area contributed by atoms with Crippen LogP contribution in [0.4, 0.5) is 0 Å². The van der Waals surface area contributed by atoms with Crippen LogP contribution in [-0.2, 0) is 14.3 Å². The molecule has 8 nitrogen and oxygen atoms in total. The molecule has 0 aromatic carbocycles. The molecule has 20 heavy (non-hydrogen) atoms. The lowest BCUT2D eigenvalue weighted by Crippen LogP contribution is -2.31. The van der Waals surface area contributed by atoms with E-state index in [0.29, 0.717) is 12.3 Å². The zero-order valence-electron chi connectivity index (χ0n) is 12.4. The van der Waals surface area contributed by atoms with Crippen molar-refractivity contribution < 1.29 is 19.1 Å². The zero-order valence-corrected chi connectivity index (χ0v) is 12.4. The van der Waals surface area contributed by atoms with Crippen LogP contribution in [0.5, 0.6) is 0 Å². The van der Waals surface area contributed by atoms with Gasteiger partial charge in [0, 0.05) is 21.2 Å². The highest BCUT2D eigenvalue weighted by molar-refractivity contribution is 5.88. The third kappa shape index (κ3) is 3.53. The summed E-state index contributed by atoms with van der Waals surface area (Å²) in [5.74, 6) is -0.701. The highest BCUT2D eigenvalue weighted by Gasteiger charge is 2.24. The van der Waals surface area contributed by atoms with Crippen LogP contribution in [0.3, 0.4) is 0 Å². The predicted octanol–water partition coefficient (Wildman–Crippen LogP) is 0.0389. The van der Waals surface area contributed by atoms with Crippen molar-refractivity contribution in [2.45, 2.75) is 19.9 Å². The van der Waals surface area contributed by atoms with E-state index in [1.807, 2.05) is 0 Å². The summed E-state index contributed by atoms with van der Waals surface area (Å²) in [6, 6.07) is -0.530. The van der Waals surface area contributed by atoms with E-state index in [2.05, 4.69) is 10.3 Å². The number of hydrogen-bond donors (Lipinski definition) is 0. The maximum Gasteiger partial charge on any atom is 0.360 e. The molecule has 0 N–H and O–H groups in total. The zero-order chi connectivity index (χ0) is 15.3. The van der Waals surface area contributed by atoms with Crippen molar-refractivity contribution >= 4 is 11.9 Å². The van der Waals surface area contributed by atoms with Crippen molar-refractivity contribution in [2.75, 3.05) is 34.4 Å². The van der Waals surface area contributed by atoms with Gasteiger partial charge in [0.15, 0.2) is 5.69 Å². The van der Waals surface area contributed by atoms with Gasteiger partial charge in [-0.3, -0.25) is 4.79 Å². The third-order valence-electron chi connectivity index (χ3n) is 2.81. The van der Waals surface area contributed by atoms with Crippen molar-refractivity contribution in [3.8, 4) is 0 Å². The van der Waals surface area contributed by atoms with Crippen LogP contribution in [-0.4, -0.2) is 66.2 Å². The topological polar surface area (TPSA) is 86.5 Å². The number of methoxy groups -OCH3 is 1. The lowest BCUT2D eigenvalue weighted by molar-refractivity contribution is -0.132. The number of carbonyl (C=O) groups excluding carboxylic acids is 2. The number of likely N-dealkylation sites (N-methyl/N-ethyl adjacent to an activating group) is 1. The maximum absolute atomic E-state index is 11.9. The molecule has 1 unspecified atom stereocenters. The molecule has 0 bridgehead atoms. The first-order valence-corrected chi connectivity index (χ1v) is 6.19. The fourth-order valence-electron chi connectivity index (χ4n) is 1.66. The SMILES string of the molecule is COCCOC(=O)c1nnn(C(C)C(=O)N(C)C)c1C. The second-order valence-corrected chi connectivity index (χ2v) is 4.51. The molecule has 0 aliphatic carbocycles. The van der Waals surface area contributed by atoms with Crippen molar-refractivity contribution in [3.63, 3.8) is 0 Å². The van der Waals surface area contributed by atoms with Gasteiger partial charge < -0.3 is 14.4 Å². The molecule has 112 valence electrons. The first-order chi connectivity index (χ1) is 9.40. The van der Waals surface area contributed by atoms with E-state index < -0.39 is 12.0 Å². The summed E-state index contributed by atoms with van der Waals surface area (Å²) >= 11 is 0. The molecule has 0 fully saturated rings. The summed E-state index contributed by atoms with van der Waals surface area (Å²) in [5.41, 5.74) is 0.606. The molecule has 0 saturated carbocycles. The number of rotatable bonds is 6. The largest absolute Gasteiger partial charge is 0.458 e. The van der Waals surface area contributed by atoms with E-state index in [0.717, 1.165) is 0 Å². The second kappa shape index (κ2) is 6.99. The quantitative estimate of drug-likeness (QED) is 0.541. The Morgan fingerprint density at radius 2 is 2.00 bits per heavy atom. The lowest BCUT2D eigenvalue weighted by Gasteiger charge is -2.17. The average Bonchev–Trinajstić information content (AvgIpc) is 2.79. The molecule has 0 radical (unpaired) electrons. The Kier molecular flexibility index (Phi) is 5.63. The average molecular weight is 284 g/mol. The Hall–Kier alpha value is -1.96. The van der Waals surface area contributed by atoms with Gasteiger partial charge in [0.25, 0.3) is 0 Å². The van der Waals surface area contributed by atoms with Crippen molar-refractivity contribution in [3.05, 3.63) is 11.4 Å². The molecule has 8 heteroatoms. The van der Waals surface area contributed by atoms with Gasteiger partial charge in [-0.25, -0.2) is 9.48 Å². The minimum atomic E-state index is -0.574. The summed E-state index contributed by atoms with van der Waals surface area (Å²) in [7, 11) is 4.83. The van der Waals surface area contributed by atoms with Gasteiger partial charge in [0.2, 0.25) is 5.91 Å². The van der Waals surface area contributed by atoms with Gasteiger partial charge in [-0.05, 0) is 13.8 Å². The normalized spacial score (nSPS) is 12.1. The summed E-state index contributed by atoms with van der Waals surface area (Å²) in [6.45, 7) is 3.83. The standard InChI is InChI=1S/C12H20N4O4/c1-8-10(12(18)20-7-6-19-5)13-14-16(8)9(2)11(17)15(3)4/h9H,6-7H2,1-5H3. The highest BCUT2D eigenvalue weighted by atomic mass is 16.6. The minimum Gasteiger partial charge on any atom is -0.458 e. The number of hydrogen-bond acceptors (Lipinski definition) is 6. The molecule has 1 aromatic rings. The molecular weight excluding hydrogens is 264 g/mol. The van der Waals surface area contributed by atoms with E-state index in [4.69, 9.17) is 9.47 Å². The number of carbonyl (C=O) groups is 2. The number of ether oxygens (including phenoxy) is 2. The van der Waals surface area contributed by atoms with E-state index in [9.17, 15) is 9.59 Å². The first-order valence-electron chi connectivity index (χ1n) is 6.19. The summed E-state index contributed by atoms with van der Waals surface area (Å²) in [5, 5.41) is 7.64. The van der Waals surface area contributed by atoms with Gasteiger partial charge in [0.1, 0.15) is 12.6 Å². The number of amides is 1. The lowest BCUT2D eigenvalue weighted by atomic mass is 10.2. The number of aromatic nitrogens is 3. The van der Waals surface area contributed by atoms with Crippen LogP contribution in [0.2, 0.25) is 0 Å². The predicted molar refractivity (Wildman–Crippen MR) is 70.3 cm³/mol. The summed E-state index contributed by atoms with van der Waals surface area (Å²) in [4.78, 5) is 25.1. The van der Waals surface area contributed by atoms with Crippen LogP contribution in [0.1, 0.15) is 29.1 Å². The van der Waals surface area contributed by atoms with Gasteiger partial charge >= 0.3 is 5.97 Å². The second-order valence-electron chi connectivity index (χ2n) is 4.51. The molecule has 0 aliphatic heterocycles. The van der Waals surface area contributed by atoms with E-state index >= 15 is 0 Å². The third-order valence-corrected chi connectivity index (χ3v) is 2.81. The molecular formula is C12H20N4O4. The number of nitrogens with zero attached hydrogens (tertiary/aromatic N) is 4. The Morgan fingerprint density at radius 1 is 1.35 bits per heavy atom. The fourth-order valence-corrected chi connectivity index (χ4v) is 1.66. The Balaban J connectivity index is 2.84. The summed E-state index contributed by atoms with van der Waals surface area (Å²) in [6.07, 6.45) is 0. The van der Waals surface area contributed by atoms with Crippen LogP contribution >= 0.6 is 0 Å². The van der Waals surface area contributed by atoms with Crippen molar-refractivity contribution in [2.24, 2.45) is 0 Å². The van der Waals surface area contributed by atoms with E-state index in [1.54, 1.807) is 27.9 Å². The Labute approximate surface area is 117 Å². The smallest absolute Gasteiger partial charge is 0.360 e. The maximum atomic E-state index is 11.9. The molecule has 0 aliphatic rings. The Morgan fingerprint density at radius 3 is 2.55 bits per heavy atom. The minimum absolute atomic E-state index is 0.111. The monoisotopic (exact) mass is 284 g/mol. The van der Waals surface area contributed by atoms with Crippen LogP contribution in [0.25, 0.3) is 0 Å². The fraction of sp³-hybridized carbons (Fsp3) is 0.667.